The van der Waals surface area contributed by atoms with Crippen molar-refractivity contribution in [3.8, 4) is 0 Å². The maximum Gasteiger partial charge on any atom is 0.242 e. The molecule has 20 heavy (non-hydrogen) atoms. The van der Waals surface area contributed by atoms with Gasteiger partial charge in [-0.3, -0.25) is 0 Å². The van der Waals surface area contributed by atoms with E-state index in [1.54, 1.807) is 12.1 Å². The number of rotatable bonds is 4. The SMILES string of the molecule is Cc1csc(Sc2cc(S(=O)(=O)N(C)C)ccc2N)n1. The van der Waals surface area contributed by atoms with Crippen LogP contribution in [0, 0.1) is 6.92 Å². The van der Waals surface area contributed by atoms with Crippen LogP contribution >= 0.6 is 23.1 Å². The van der Waals surface area contributed by atoms with Crippen LogP contribution in [-0.4, -0.2) is 31.8 Å². The van der Waals surface area contributed by atoms with Gasteiger partial charge in [0.25, 0.3) is 0 Å². The van der Waals surface area contributed by atoms with Gasteiger partial charge in [0.05, 0.1) is 4.90 Å². The van der Waals surface area contributed by atoms with E-state index in [1.165, 1.54) is 47.6 Å². The fourth-order valence-corrected chi connectivity index (χ4v) is 4.33. The molecular weight excluding hydrogens is 314 g/mol. The molecule has 8 heteroatoms. The third-order valence-electron chi connectivity index (χ3n) is 2.56. The van der Waals surface area contributed by atoms with Crippen molar-refractivity contribution in [3.05, 3.63) is 29.3 Å². The Kier molecular flexibility index (Phi) is 4.38. The zero-order chi connectivity index (χ0) is 14.9. The Morgan fingerprint density at radius 2 is 2.05 bits per heavy atom. The van der Waals surface area contributed by atoms with E-state index >= 15 is 0 Å². The summed E-state index contributed by atoms with van der Waals surface area (Å²) in [6.45, 7) is 1.91. The lowest BCUT2D eigenvalue weighted by Gasteiger charge is -2.13. The lowest BCUT2D eigenvalue weighted by molar-refractivity contribution is 0.520. The van der Waals surface area contributed by atoms with E-state index in [0.717, 1.165) is 10.0 Å². The van der Waals surface area contributed by atoms with E-state index in [9.17, 15) is 8.42 Å². The maximum absolute atomic E-state index is 12.1. The van der Waals surface area contributed by atoms with E-state index < -0.39 is 10.0 Å². The Balaban J connectivity index is 2.39. The van der Waals surface area contributed by atoms with Crippen LogP contribution in [0.5, 0.6) is 0 Å². The predicted octanol–water partition coefficient (Wildman–Crippen LogP) is 2.44. The largest absolute Gasteiger partial charge is 0.398 e. The van der Waals surface area contributed by atoms with Gasteiger partial charge in [0.2, 0.25) is 10.0 Å². The molecule has 0 bridgehead atoms. The summed E-state index contributed by atoms with van der Waals surface area (Å²) in [5, 5.41) is 1.94. The minimum Gasteiger partial charge on any atom is -0.398 e. The lowest BCUT2D eigenvalue weighted by atomic mass is 10.3. The molecule has 1 heterocycles. The lowest BCUT2D eigenvalue weighted by Crippen LogP contribution is -2.22. The summed E-state index contributed by atoms with van der Waals surface area (Å²) in [6, 6.07) is 4.72. The van der Waals surface area contributed by atoms with Crippen molar-refractivity contribution in [2.24, 2.45) is 0 Å². The summed E-state index contributed by atoms with van der Waals surface area (Å²) in [5.41, 5.74) is 7.39. The third kappa shape index (κ3) is 3.14. The van der Waals surface area contributed by atoms with Crippen LogP contribution in [0.4, 0.5) is 5.69 Å². The Morgan fingerprint density at radius 1 is 1.35 bits per heavy atom. The fraction of sp³-hybridized carbons (Fsp3) is 0.250. The van der Waals surface area contributed by atoms with Crippen LogP contribution in [0.2, 0.25) is 0 Å². The Morgan fingerprint density at radius 3 is 2.60 bits per heavy atom. The Bertz CT molecular complexity index is 723. The first kappa shape index (κ1) is 15.3. The average molecular weight is 329 g/mol. The van der Waals surface area contributed by atoms with Gasteiger partial charge in [-0.25, -0.2) is 17.7 Å². The molecule has 0 spiro atoms. The number of aryl methyl sites for hydroxylation is 1. The zero-order valence-corrected chi connectivity index (χ0v) is 13.8. The van der Waals surface area contributed by atoms with Crippen molar-refractivity contribution in [1.29, 1.82) is 0 Å². The standard InChI is InChI=1S/C12H15N3O2S3/c1-8-7-18-12(14-8)19-11-6-9(4-5-10(11)13)20(16,17)15(2)3/h4-7H,13H2,1-3H3. The summed E-state index contributed by atoms with van der Waals surface area (Å²) in [5.74, 6) is 0. The number of nitrogen functional groups attached to an aromatic ring is 1. The van der Waals surface area contributed by atoms with E-state index in [-0.39, 0.29) is 4.90 Å². The van der Waals surface area contributed by atoms with Crippen LogP contribution in [0.3, 0.4) is 0 Å². The van der Waals surface area contributed by atoms with Gasteiger partial charge in [0, 0.05) is 35.8 Å². The van der Waals surface area contributed by atoms with Crippen molar-refractivity contribution in [2.45, 2.75) is 21.1 Å². The highest BCUT2D eigenvalue weighted by Gasteiger charge is 2.18. The van der Waals surface area contributed by atoms with Gasteiger partial charge in [-0.1, -0.05) is 11.8 Å². The molecule has 0 amide bonds. The molecule has 2 rings (SSSR count). The first-order valence-electron chi connectivity index (χ1n) is 5.73. The topological polar surface area (TPSA) is 76.3 Å². The predicted molar refractivity (Wildman–Crippen MR) is 82.7 cm³/mol. The minimum absolute atomic E-state index is 0.229. The Hall–Kier alpha value is -1.09. The molecule has 0 saturated carbocycles. The second kappa shape index (κ2) is 5.72. The second-order valence-electron chi connectivity index (χ2n) is 4.34. The Labute approximate surface area is 126 Å². The van der Waals surface area contributed by atoms with Crippen molar-refractivity contribution >= 4 is 38.8 Å². The molecule has 0 atom stereocenters. The molecule has 1 aromatic carbocycles. The molecule has 0 aliphatic carbocycles. The van der Waals surface area contributed by atoms with Crippen molar-refractivity contribution in [3.63, 3.8) is 0 Å². The number of sulfonamides is 1. The molecular formula is C12H15N3O2S3. The number of hydrogen-bond donors (Lipinski definition) is 1. The highest BCUT2D eigenvalue weighted by molar-refractivity contribution is 8.01. The highest BCUT2D eigenvalue weighted by atomic mass is 32.2. The molecule has 2 N–H and O–H groups in total. The third-order valence-corrected chi connectivity index (χ3v) is 6.50. The molecule has 5 nitrogen and oxygen atoms in total. The minimum atomic E-state index is -3.46. The summed E-state index contributed by atoms with van der Waals surface area (Å²) >= 11 is 2.89. The smallest absolute Gasteiger partial charge is 0.242 e. The highest BCUT2D eigenvalue weighted by Crippen LogP contribution is 2.35. The summed E-state index contributed by atoms with van der Waals surface area (Å²) in [4.78, 5) is 5.27. The first-order chi connectivity index (χ1) is 9.30. The van der Waals surface area contributed by atoms with Crippen LogP contribution in [0.1, 0.15) is 5.69 Å². The molecule has 0 unspecified atom stereocenters. The van der Waals surface area contributed by atoms with Crippen LogP contribution < -0.4 is 5.73 Å². The van der Waals surface area contributed by atoms with Crippen molar-refractivity contribution < 1.29 is 8.42 Å². The zero-order valence-electron chi connectivity index (χ0n) is 11.3. The quantitative estimate of drug-likeness (QED) is 0.872. The number of thiazole rings is 1. The average Bonchev–Trinajstić information content (AvgIpc) is 2.77. The molecule has 1 aromatic heterocycles. The summed E-state index contributed by atoms with van der Waals surface area (Å²) in [7, 11) is -0.450. The van der Waals surface area contributed by atoms with E-state index in [2.05, 4.69) is 4.98 Å². The van der Waals surface area contributed by atoms with Gasteiger partial charge in [-0.05, 0) is 25.1 Å². The summed E-state index contributed by atoms with van der Waals surface area (Å²) in [6.07, 6.45) is 0. The van der Waals surface area contributed by atoms with E-state index in [1.807, 2.05) is 12.3 Å². The van der Waals surface area contributed by atoms with Crippen LogP contribution in [0.25, 0.3) is 0 Å². The van der Waals surface area contributed by atoms with Crippen molar-refractivity contribution in [1.82, 2.24) is 9.29 Å². The number of nitrogens with zero attached hydrogens (tertiary/aromatic N) is 2. The molecule has 2 aromatic rings. The van der Waals surface area contributed by atoms with Gasteiger partial charge in [0.15, 0.2) is 4.34 Å². The number of aromatic nitrogens is 1. The van der Waals surface area contributed by atoms with Gasteiger partial charge >= 0.3 is 0 Å². The van der Waals surface area contributed by atoms with Gasteiger partial charge in [-0.2, -0.15) is 0 Å². The first-order valence-corrected chi connectivity index (χ1v) is 8.86. The van der Waals surface area contributed by atoms with Gasteiger partial charge in [-0.15, -0.1) is 11.3 Å². The number of nitrogens with two attached hydrogens (primary N) is 1. The monoisotopic (exact) mass is 329 g/mol. The summed E-state index contributed by atoms with van der Waals surface area (Å²) < 4.78 is 26.3. The molecule has 0 saturated heterocycles. The van der Waals surface area contributed by atoms with E-state index in [4.69, 9.17) is 5.73 Å². The van der Waals surface area contributed by atoms with Crippen molar-refractivity contribution in [2.75, 3.05) is 19.8 Å². The van der Waals surface area contributed by atoms with Crippen LogP contribution in [0.15, 0.2) is 37.7 Å². The van der Waals surface area contributed by atoms with E-state index in [0.29, 0.717) is 10.6 Å². The van der Waals surface area contributed by atoms with Crippen LogP contribution in [-0.2, 0) is 10.0 Å². The molecule has 0 radical (unpaired) electrons. The number of hydrogen-bond acceptors (Lipinski definition) is 6. The van der Waals surface area contributed by atoms with Gasteiger partial charge in [0.1, 0.15) is 0 Å². The normalized spacial score (nSPS) is 12.0. The molecule has 0 fully saturated rings. The fourth-order valence-electron chi connectivity index (χ4n) is 1.45. The number of anilines is 1. The molecule has 0 aliphatic heterocycles. The maximum atomic E-state index is 12.1. The second-order valence-corrected chi connectivity index (χ2v) is 8.64. The molecule has 0 aliphatic rings. The number of benzene rings is 1. The molecule has 108 valence electrons. The van der Waals surface area contributed by atoms with Gasteiger partial charge < -0.3 is 5.73 Å².